The molecule has 0 radical (unpaired) electrons. The second-order valence-electron chi connectivity index (χ2n) is 8.51. The van der Waals surface area contributed by atoms with Crippen molar-refractivity contribution in [3.05, 3.63) is 93.0 Å². The maximum absolute atomic E-state index is 12.2. The van der Waals surface area contributed by atoms with E-state index in [0.717, 1.165) is 22.4 Å². The maximum atomic E-state index is 12.2. The standard InChI is InChI=1S/C28H30N4O6/c1-4-37-26-16-22(9-12-25(26)38-18-21-7-10-23(11-8-21)32(35)36)17-29-31-28(34)14-13-27(33)30-24-15-19(2)5-6-20(24)3/h5-12,15-17H,4,13-14,18H2,1-3H3,(H,30,33)(H,31,34). The number of ether oxygens (including phenoxy) is 2. The molecule has 0 aliphatic heterocycles. The van der Waals surface area contributed by atoms with Gasteiger partial charge in [0.1, 0.15) is 6.61 Å². The molecule has 3 rings (SSSR count). The molecule has 198 valence electrons. The van der Waals surface area contributed by atoms with Crippen LogP contribution in [0.4, 0.5) is 11.4 Å². The van der Waals surface area contributed by atoms with E-state index in [-0.39, 0.29) is 37.0 Å². The van der Waals surface area contributed by atoms with Crippen LogP contribution in [-0.2, 0) is 16.2 Å². The third-order valence-corrected chi connectivity index (χ3v) is 5.46. The number of nitrogens with zero attached hydrogens (tertiary/aromatic N) is 2. The fourth-order valence-electron chi connectivity index (χ4n) is 3.41. The number of carbonyl (C=O) groups excluding carboxylic acids is 2. The van der Waals surface area contributed by atoms with Crippen LogP contribution in [0.1, 0.15) is 42.0 Å². The molecule has 0 saturated heterocycles. The van der Waals surface area contributed by atoms with Gasteiger partial charge in [0.15, 0.2) is 11.5 Å². The molecule has 0 aliphatic rings. The largest absolute Gasteiger partial charge is 0.490 e. The van der Waals surface area contributed by atoms with E-state index in [9.17, 15) is 19.7 Å². The predicted molar refractivity (Wildman–Crippen MR) is 145 cm³/mol. The Bertz CT molecular complexity index is 1320. The Kier molecular flexibility index (Phi) is 9.93. The number of non-ortho nitro benzene ring substituents is 1. The first-order valence-corrected chi connectivity index (χ1v) is 12.1. The molecule has 0 saturated carbocycles. The van der Waals surface area contributed by atoms with E-state index in [2.05, 4.69) is 15.8 Å². The lowest BCUT2D eigenvalue weighted by Gasteiger charge is -2.12. The van der Waals surface area contributed by atoms with Gasteiger partial charge in [-0.15, -0.1) is 0 Å². The van der Waals surface area contributed by atoms with Crippen LogP contribution in [0.2, 0.25) is 0 Å². The average molecular weight is 519 g/mol. The van der Waals surface area contributed by atoms with Gasteiger partial charge < -0.3 is 14.8 Å². The zero-order valence-electron chi connectivity index (χ0n) is 21.5. The third-order valence-electron chi connectivity index (χ3n) is 5.46. The number of anilines is 1. The molecule has 0 bridgehead atoms. The summed E-state index contributed by atoms with van der Waals surface area (Å²) in [5.74, 6) is 0.364. The fraction of sp³-hybridized carbons (Fsp3) is 0.250. The van der Waals surface area contributed by atoms with Gasteiger partial charge >= 0.3 is 0 Å². The van der Waals surface area contributed by atoms with Gasteiger partial charge in [0, 0.05) is 30.7 Å². The van der Waals surface area contributed by atoms with E-state index in [4.69, 9.17) is 9.47 Å². The quantitative estimate of drug-likeness (QED) is 0.196. The number of aryl methyl sites for hydroxylation is 2. The monoisotopic (exact) mass is 518 g/mol. The molecule has 0 atom stereocenters. The number of rotatable bonds is 12. The smallest absolute Gasteiger partial charge is 0.269 e. The summed E-state index contributed by atoms with van der Waals surface area (Å²) in [6.07, 6.45) is 1.49. The van der Waals surface area contributed by atoms with Crippen LogP contribution >= 0.6 is 0 Å². The molecule has 2 amide bonds. The lowest BCUT2D eigenvalue weighted by atomic mass is 10.1. The Hall–Kier alpha value is -4.73. The number of nitro benzene ring substituents is 1. The first-order valence-electron chi connectivity index (χ1n) is 12.1. The normalized spacial score (nSPS) is 10.7. The molecule has 38 heavy (non-hydrogen) atoms. The van der Waals surface area contributed by atoms with E-state index in [1.54, 1.807) is 30.3 Å². The summed E-state index contributed by atoms with van der Waals surface area (Å²) < 4.78 is 11.5. The van der Waals surface area contributed by atoms with Crippen molar-refractivity contribution >= 4 is 29.4 Å². The molecule has 2 N–H and O–H groups in total. The molecule has 0 unspecified atom stereocenters. The fourth-order valence-corrected chi connectivity index (χ4v) is 3.41. The highest BCUT2D eigenvalue weighted by atomic mass is 16.6. The van der Waals surface area contributed by atoms with Crippen LogP contribution in [0, 0.1) is 24.0 Å². The van der Waals surface area contributed by atoms with Crippen molar-refractivity contribution in [3.63, 3.8) is 0 Å². The van der Waals surface area contributed by atoms with Crippen molar-refractivity contribution in [2.24, 2.45) is 5.10 Å². The lowest BCUT2D eigenvalue weighted by Crippen LogP contribution is -2.21. The van der Waals surface area contributed by atoms with Crippen LogP contribution in [0.25, 0.3) is 0 Å². The summed E-state index contributed by atoms with van der Waals surface area (Å²) in [5, 5.41) is 17.6. The van der Waals surface area contributed by atoms with Gasteiger partial charge in [0.05, 0.1) is 17.7 Å². The number of nitrogens with one attached hydrogen (secondary N) is 2. The van der Waals surface area contributed by atoms with Crippen LogP contribution in [0.3, 0.4) is 0 Å². The summed E-state index contributed by atoms with van der Waals surface area (Å²) >= 11 is 0. The van der Waals surface area contributed by atoms with Gasteiger partial charge in [-0.2, -0.15) is 5.10 Å². The van der Waals surface area contributed by atoms with E-state index in [0.29, 0.717) is 23.7 Å². The van der Waals surface area contributed by atoms with Crippen molar-refractivity contribution in [2.45, 2.75) is 40.2 Å². The van der Waals surface area contributed by atoms with Gasteiger partial charge in [-0.3, -0.25) is 19.7 Å². The lowest BCUT2D eigenvalue weighted by molar-refractivity contribution is -0.384. The van der Waals surface area contributed by atoms with Crippen LogP contribution in [-0.4, -0.2) is 29.6 Å². The summed E-state index contributed by atoms with van der Waals surface area (Å²) in [4.78, 5) is 34.7. The van der Waals surface area contributed by atoms with E-state index < -0.39 is 4.92 Å². The first kappa shape index (κ1) is 27.9. The van der Waals surface area contributed by atoms with E-state index >= 15 is 0 Å². The highest BCUT2D eigenvalue weighted by molar-refractivity contribution is 5.94. The molecule has 10 nitrogen and oxygen atoms in total. The number of amides is 2. The van der Waals surface area contributed by atoms with Crippen molar-refractivity contribution in [2.75, 3.05) is 11.9 Å². The molecule has 0 fully saturated rings. The van der Waals surface area contributed by atoms with Crippen molar-refractivity contribution in [1.29, 1.82) is 0 Å². The minimum Gasteiger partial charge on any atom is -0.490 e. The molecule has 3 aromatic rings. The minimum atomic E-state index is -0.454. The Balaban J connectivity index is 1.50. The van der Waals surface area contributed by atoms with Crippen LogP contribution in [0.15, 0.2) is 65.8 Å². The van der Waals surface area contributed by atoms with Gasteiger partial charge in [0.2, 0.25) is 11.8 Å². The summed E-state index contributed by atoms with van der Waals surface area (Å²) in [7, 11) is 0. The third kappa shape index (κ3) is 8.44. The van der Waals surface area contributed by atoms with Crippen LogP contribution < -0.4 is 20.2 Å². The number of hydrazone groups is 1. The highest BCUT2D eigenvalue weighted by Gasteiger charge is 2.10. The molecule has 0 heterocycles. The summed E-state index contributed by atoms with van der Waals surface area (Å²) in [6.45, 7) is 6.32. The van der Waals surface area contributed by atoms with E-state index in [1.807, 2.05) is 39.0 Å². The van der Waals surface area contributed by atoms with Gasteiger partial charge in [-0.25, -0.2) is 5.43 Å². The second kappa shape index (κ2) is 13.5. The Morgan fingerprint density at radius 3 is 2.39 bits per heavy atom. The second-order valence-corrected chi connectivity index (χ2v) is 8.51. The van der Waals surface area contributed by atoms with Crippen molar-refractivity contribution < 1.29 is 24.0 Å². The van der Waals surface area contributed by atoms with Crippen LogP contribution in [0.5, 0.6) is 11.5 Å². The van der Waals surface area contributed by atoms with Gasteiger partial charge in [-0.05, 0) is 79.4 Å². The van der Waals surface area contributed by atoms with Gasteiger partial charge in [0.25, 0.3) is 5.69 Å². The molecule has 10 heteroatoms. The van der Waals surface area contributed by atoms with Gasteiger partial charge in [-0.1, -0.05) is 12.1 Å². The Morgan fingerprint density at radius 1 is 0.947 bits per heavy atom. The number of hydrogen-bond acceptors (Lipinski definition) is 7. The minimum absolute atomic E-state index is 0.00630. The molecule has 0 aromatic heterocycles. The Morgan fingerprint density at radius 2 is 1.68 bits per heavy atom. The molecular weight excluding hydrogens is 488 g/mol. The maximum Gasteiger partial charge on any atom is 0.269 e. The zero-order valence-corrected chi connectivity index (χ0v) is 21.5. The average Bonchev–Trinajstić information content (AvgIpc) is 2.89. The zero-order chi connectivity index (χ0) is 27.5. The summed E-state index contributed by atoms with van der Waals surface area (Å²) in [6, 6.07) is 17.1. The molecular formula is C28H30N4O6. The van der Waals surface area contributed by atoms with Crippen molar-refractivity contribution in [1.82, 2.24) is 5.43 Å². The highest BCUT2D eigenvalue weighted by Crippen LogP contribution is 2.29. The molecule has 3 aromatic carbocycles. The first-order chi connectivity index (χ1) is 18.2. The van der Waals surface area contributed by atoms with E-state index in [1.165, 1.54) is 18.3 Å². The topological polar surface area (TPSA) is 132 Å². The SMILES string of the molecule is CCOc1cc(C=NNC(=O)CCC(=O)Nc2cc(C)ccc2C)ccc1OCc1ccc([N+](=O)[O-])cc1. The summed E-state index contributed by atoms with van der Waals surface area (Å²) in [5.41, 5.74) is 6.61. The predicted octanol–water partition coefficient (Wildman–Crippen LogP) is 5.06. The number of carbonyl (C=O) groups is 2. The molecule has 0 aliphatic carbocycles. The number of nitro groups is 1. The molecule has 0 spiro atoms. The Labute approximate surface area is 220 Å². The van der Waals surface area contributed by atoms with Crippen molar-refractivity contribution in [3.8, 4) is 11.5 Å². The number of hydrogen-bond donors (Lipinski definition) is 2. The number of benzene rings is 3.